The quantitative estimate of drug-likeness (QED) is 0.359. The molecule has 6 heteroatoms. The van der Waals surface area contributed by atoms with E-state index in [9.17, 15) is 19.3 Å². The number of hydrogen-bond acceptors (Lipinski definition) is 4. The van der Waals surface area contributed by atoms with Gasteiger partial charge in [-0.1, -0.05) is 18.2 Å². The van der Waals surface area contributed by atoms with Gasteiger partial charge in [-0.2, -0.15) is 4.39 Å². The Kier molecular flexibility index (Phi) is 4.70. The van der Waals surface area contributed by atoms with Crippen molar-refractivity contribution < 1.29 is 14.1 Å². The zero-order valence-corrected chi connectivity index (χ0v) is 12.0. The number of halogens is 1. The maximum atomic E-state index is 13.5. The van der Waals surface area contributed by atoms with E-state index in [-0.39, 0.29) is 5.78 Å². The number of rotatable bonds is 5. The van der Waals surface area contributed by atoms with Crippen LogP contribution >= 0.6 is 11.8 Å². The van der Waals surface area contributed by atoms with Gasteiger partial charge in [0.15, 0.2) is 5.78 Å². The van der Waals surface area contributed by atoms with E-state index in [0.717, 1.165) is 11.0 Å². The fourth-order valence-electron chi connectivity index (χ4n) is 1.76. The van der Waals surface area contributed by atoms with E-state index in [1.54, 1.807) is 18.2 Å². The summed E-state index contributed by atoms with van der Waals surface area (Å²) in [7, 11) is 0. The molecule has 0 fully saturated rings. The van der Waals surface area contributed by atoms with E-state index in [1.807, 2.05) is 6.07 Å². The second-order valence-electron chi connectivity index (χ2n) is 4.42. The highest BCUT2D eigenvalue weighted by atomic mass is 32.2. The molecule has 0 atom stereocenters. The molecule has 0 heterocycles. The first-order valence-corrected chi connectivity index (χ1v) is 7.12. The Bertz CT molecular complexity index is 703. The Morgan fingerprint density at radius 1 is 1.29 bits per heavy atom. The summed E-state index contributed by atoms with van der Waals surface area (Å²) in [6.45, 7) is 1.50. The first kappa shape index (κ1) is 15.2. The van der Waals surface area contributed by atoms with Gasteiger partial charge in [0.05, 0.1) is 4.92 Å². The van der Waals surface area contributed by atoms with Gasteiger partial charge in [0.2, 0.25) is 5.82 Å². The Labute approximate surface area is 125 Å². The van der Waals surface area contributed by atoms with Crippen LogP contribution in [-0.2, 0) is 5.75 Å². The Balaban J connectivity index is 2.10. The van der Waals surface area contributed by atoms with Gasteiger partial charge in [0.1, 0.15) is 0 Å². The van der Waals surface area contributed by atoms with Gasteiger partial charge in [0, 0.05) is 22.3 Å². The summed E-state index contributed by atoms with van der Waals surface area (Å²) in [5.74, 6) is -0.384. The highest BCUT2D eigenvalue weighted by Gasteiger charge is 2.13. The van der Waals surface area contributed by atoms with Crippen molar-refractivity contribution >= 4 is 23.2 Å². The maximum Gasteiger partial charge on any atom is 0.304 e. The molecule has 0 aromatic heterocycles. The van der Waals surface area contributed by atoms with Crippen molar-refractivity contribution in [3.8, 4) is 0 Å². The summed E-state index contributed by atoms with van der Waals surface area (Å²) in [6.07, 6.45) is 0. The van der Waals surface area contributed by atoms with Crippen molar-refractivity contribution in [2.75, 3.05) is 0 Å². The van der Waals surface area contributed by atoms with Crippen LogP contribution in [0.15, 0.2) is 47.4 Å². The van der Waals surface area contributed by atoms with Crippen LogP contribution in [0.2, 0.25) is 0 Å². The largest absolute Gasteiger partial charge is 0.304 e. The zero-order valence-electron chi connectivity index (χ0n) is 11.2. The third kappa shape index (κ3) is 3.88. The standard InChI is InChI=1S/C15H12FNO3S/c1-10(18)12-3-2-4-13(8-12)21-9-11-5-6-15(17(19)20)14(16)7-11/h2-8H,9H2,1H3. The summed E-state index contributed by atoms with van der Waals surface area (Å²) in [5.41, 5.74) is 0.744. The van der Waals surface area contributed by atoms with Crippen LogP contribution in [0, 0.1) is 15.9 Å². The molecule has 4 nitrogen and oxygen atoms in total. The van der Waals surface area contributed by atoms with Crippen LogP contribution in [-0.4, -0.2) is 10.7 Å². The van der Waals surface area contributed by atoms with Gasteiger partial charge in [-0.3, -0.25) is 14.9 Å². The van der Waals surface area contributed by atoms with E-state index in [4.69, 9.17) is 0 Å². The fourth-order valence-corrected chi connectivity index (χ4v) is 2.66. The summed E-state index contributed by atoms with van der Waals surface area (Å²) in [6, 6.07) is 11.0. The second kappa shape index (κ2) is 6.49. The normalized spacial score (nSPS) is 10.4. The van der Waals surface area contributed by atoms with E-state index in [2.05, 4.69) is 0 Å². The topological polar surface area (TPSA) is 60.2 Å². The van der Waals surface area contributed by atoms with Gasteiger partial charge < -0.3 is 0 Å². The number of benzene rings is 2. The molecule has 0 amide bonds. The van der Waals surface area contributed by atoms with E-state index in [1.165, 1.54) is 30.8 Å². The molecule has 0 bridgehead atoms. The lowest BCUT2D eigenvalue weighted by atomic mass is 10.2. The molecule has 2 rings (SSSR count). The molecular weight excluding hydrogens is 293 g/mol. The lowest BCUT2D eigenvalue weighted by Gasteiger charge is -2.04. The van der Waals surface area contributed by atoms with Gasteiger partial charge >= 0.3 is 5.69 Å². The predicted octanol–water partition coefficient (Wildman–Crippen LogP) is 4.23. The average Bonchev–Trinajstić information content (AvgIpc) is 2.45. The smallest absolute Gasteiger partial charge is 0.295 e. The van der Waals surface area contributed by atoms with Gasteiger partial charge in [0.25, 0.3) is 0 Å². The Morgan fingerprint density at radius 3 is 2.67 bits per heavy atom. The predicted molar refractivity (Wildman–Crippen MR) is 79.1 cm³/mol. The lowest BCUT2D eigenvalue weighted by Crippen LogP contribution is -1.94. The number of nitro benzene ring substituents is 1. The number of thioether (sulfide) groups is 1. The fraction of sp³-hybridized carbons (Fsp3) is 0.133. The minimum absolute atomic E-state index is 0.0150. The van der Waals surface area contributed by atoms with Crippen molar-refractivity contribution in [2.24, 2.45) is 0 Å². The number of ketones is 1. The molecular formula is C15H12FNO3S. The SMILES string of the molecule is CC(=O)c1cccc(SCc2ccc([N+](=O)[O-])c(F)c2)c1. The van der Waals surface area contributed by atoms with Gasteiger partial charge in [-0.15, -0.1) is 11.8 Å². The maximum absolute atomic E-state index is 13.5. The molecule has 0 saturated heterocycles. The zero-order chi connectivity index (χ0) is 15.4. The Morgan fingerprint density at radius 2 is 2.05 bits per heavy atom. The molecule has 2 aromatic rings. The molecule has 108 valence electrons. The van der Waals surface area contributed by atoms with Crippen molar-refractivity contribution in [2.45, 2.75) is 17.6 Å². The number of nitro groups is 1. The van der Waals surface area contributed by atoms with Crippen LogP contribution in [0.4, 0.5) is 10.1 Å². The van der Waals surface area contributed by atoms with Crippen molar-refractivity contribution in [3.63, 3.8) is 0 Å². The number of hydrogen-bond donors (Lipinski definition) is 0. The molecule has 0 aliphatic rings. The number of Topliss-reactive ketones (excluding diaryl/α,β-unsaturated/α-hetero) is 1. The Hall–Kier alpha value is -2.21. The van der Waals surface area contributed by atoms with Gasteiger partial charge in [-0.25, -0.2) is 0 Å². The highest BCUT2D eigenvalue weighted by molar-refractivity contribution is 7.98. The highest BCUT2D eigenvalue weighted by Crippen LogP contribution is 2.26. The second-order valence-corrected chi connectivity index (χ2v) is 5.46. The minimum atomic E-state index is -0.837. The molecule has 0 unspecified atom stereocenters. The van der Waals surface area contributed by atoms with Crippen molar-refractivity contribution in [3.05, 3.63) is 69.5 Å². The third-order valence-electron chi connectivity index (χ3n) is 2.85. The summed E-state index contributed by atoms with van der Waals surface area (Å²) in [5, 5.41) is 10.5. The molecule has 0 radical (unpaired) electrons. The lowest BCUT2D eigenvalue weighted by molar-refractivity contribution is -0.387. The minimum Gasteiger partial charge on any atom is -0.295 e. The van der Waals surface area contributed by atoms with Crippen LogP contribution < -0.4 is 0 Å². The van der Waals surface area contributed by atoms with E-state index < -0.39 is 16.4 Å². The number of nitrogens with zero attached hydrogens (tertiary/aromatic N) is 1. The molecule has 0 spiro atoms. The van der Waals surface area contributed by atoms with Gasteiger partial charge in [-0.05, 0) is 30.7 Å². The van der Waals surface area contributed by atoms with Crippen LogP contribution in [0.25, 0.3) is 0 Å². The van der Waals surface area contributed by atoms with Crippen LogP contribution in [0.5, 0.6) is 0 Å². The van der Waals surface area contributed by atoms with Crippen LogP contribution in [0.3, 0.4) is 0 Å². The van der Waals surface area contributed by atoms with Crippen molar-refractivity contribution in [1.82, 2.24) is 0 Å². The van der Waals surface area contributed by atoms with E-state index in [0.29, 0.717) is 16.9 Å². The summed E-state index contributed by atoms with van der Waals surface area (Å²) in [4.78, 5) is 22.0. The molecule has 2 aromatic carbocycles. The molecule has 0 aliphatic carbocycles. The average molecular weight is 305 g/mol. The summed E-state index contributed by atoms with van der Waals surface area (Å²) >= 11 is 1.44. The number of carbonyl (C=O) groups is 1. The monoisotopic (exact) mass is 305 g/mol. The van der Waals surface area contributed by atoms with Crippen LogP contribution in [0.1, 0.15) is 22.8 Å². The molecule has 0 N–H and O–H groups in total. The first-order chi connectivity index (χ1) is 9.97. The van der Waals surface area contributed by atoms with E-state index >= 15 is 0 Å². The first-order valence-electron chi connectivity index (χ1n) is 6.14. The third-order valence-corrected chi connectivity index (χ3v) is 3.92. The summed E-state index contributed by atoms with van der Waals surface area (Å²) < 4.78 is 13.5. The molecule has 21 heavy (non-hydrogen) atoms. The molecule has 0 aliphatic heterocycles. The number of carbonyl (C=O) groups excluding carboxylic acids is 1. The van der Waals surface area contributed by atoms with Crippen molar-refractivity contribution in [1.29, 1.82) is 0 Å². The molecule has 0 saturated carbocycles.